The molecule has 4 nitrogen and oxygen atoms in total. The van der Waals surface area contributed by atoms with E-state index in [1.54, 1.807) is 24.3 Å². The maximum atomic E-state index is 11.7. The summed E-state index contributed by atoms with van der Waals surface area (Å²) in [6.45, 7) is 3.87. The van der Waals surface area contributed by atoms with Crippen molar-refractivity contribution in [3.8, 4) is 5.75 Å². The van der Waals surface area contributed by atoms with Gasteiger partial charge in [0.05, 0.1) is 6.10 Å². The lowest BCUT2D eigenvalue weighted by Gasteiger charge is -2.09. The first-order valence-corrected chi connectivity index (χ1v) is 6.00. The van der Waals surface area contributed by atoms with Crippen LogP contribution in [-0.2, 0) is 4.79 Å². The zero-order valence-corrected chi connectivity index (χ0v) is 10.7. The van der Waals surface area contributed by atoms with Gasteiger partial charge in [0.15, 0.2) is 5.78 Å². The van der Waals surface area contributed by atoms with Gasteiger partial charge in [-0.25, -0.2) is 0 Å². The summed E-state index contributed by atoms with van der Waals surface area (Å²) in [4.78, 5) is 22.1. The van der Waals surface area contributed by atoms with Crippen LogP contribution in [-0.4, -0.2) is 23.0 Å². The van der Waals surface area contributed by atoms with Gasteiger partial charge in [-0.15, -0.1) is 0 Å². The molecule has 0 aliphatic carbocycles. The molecule has 1 rings (SSSR count). The van der Waals surface area contributed by atoms with Crippen LogP contribution >= 0.6 is 0 Å². The summed E-state index contributed by atoms with van der Waals surface area (Å²) in [6, 6.07) is 6.93. The molecule has 0 fully saturated rings. The Kier molecular flexibility index (Phi) is 5.36. The molecular formula is C14H18O4. The van der Waals surface area contributed by atoms with E-state index in [4.69, 9.17) is 9.84 Å². The van der Waals surface area contributed by atoms with Crippen molar-refractivity contribution in [2.24, 2.45) is 0 Å². The van der Waals surface area contributed by atoms with Gasteiger partial charge in [0.2, 0.25) is 0 Å². The molecule has 98 valence electrons. The zero-order chi connectivity index (χ0) is 13.5. The molecule has 0 radical (unpaired) electrons. The highest BCUT2D eigenvalue weighted by atomic mass is 16.5. The monoisotopic (exact) mass is 250 g/mol. The smallest absolute Gasteiger partial charge is 0.303 e. The average Bonchev–Trinajstić information content (AvgIpc) is 2.28. The molecular weight excluding hydrogens is 232 g/mol. The van der Waals surface area contributed by atoms with Crippen LogP contribution in [0.5, 0.6) is 5.75 Å². The maximum Gasteiger partial charge on any atom is 0.303 e. The second kappa shape index (κ2) is 6.79. The molecule has 0 aromatic heterocycles. The van der Waals surface area contributed by atoms with Crippen LogP contribution in [0.2, 0.25) is 0 Å². The van der Waals surface area contributed by atoms with Crippen molar-refractivity contribution in [3.05, 3.63) is 29.8 Å². The SMILES string of the molecule is CC(C)Oc1ccc(C(=O)CCCC(=O)O)cc1. The Labute approximate surface area is 107 Å². The van der Waals surface area contributed by atoms with E-state index >= 15 is 0 Å². The van der Waals surface area contributed by atoms with Gasteiger partial charge in [-0.3, -0.25) is 9.59 Å². The molecule has 0 aliphatic rings. The van der Waals surface area contributed by atoms with Crippen LogP contribution in [0.15, 0.2) is 24.3 Å². The van der Waals surface area contributed by atoms with Crippen LogP contribution in [0.3, 0.4) is 0 Å². The highest BCUT2D eigenvalue weighted by Gasteiger charge is 2.07. The minimum atomic E-state index is -0.872. The Morgan fingerprint density at radius 2 is 1.78 bits per heavy atom. The topological polar surface area (TPSA) is 63.6 Å². The van der Waals surface area contributed by atoms with Crippen molar-refractivity contribution in [3.63, 3.8) is 0 Å². The van der Waals surface area contributed by atoms with Crippen molar-refractivity contribution in [2.75, 3.05) is 0 Å². The highest BCUT2D eigenvalue weighted by molar-refractivity contribution is 5.96. The number of carboxylic acids is 1. The van der Waals surface area contributed by atoms with E-state index in [0.29, 0.717) is 12.0 Å². The van der Waals surface area contributed by atoms with Crippen LogP contribution in [0, 0.1) is 0 Å². The first-order valence-electron chi connectivity index (χ1n) is 6.00. The number of hydrogen-bond donors (Lipinski definition) is 1. The molecule has 0 heterocycles. The molecule has 0 amide bonds. The van der Waals surface area contributed by atoms with Gasteiger partial charge in [-0.05, 0) is 44.5 Å². The lowest BCUT2D eigenvalue weighted by molar-refractivity contribution is -0.137. The number of hydrogen-bond acceptors (Lipinski definition) is 3. The predicted octanol–water partition coefficient (Wildman–Crippen LogP) is 2.91. The van der Waals surface area contributed by atoms with Gasteiger partial charge in [-0.1, -0.05) is 0 Å². The highest BCUT2D eigenvalue weighted by Crippen LogP contribution is 2.15. The minimum absolute atomic E-state index is 0.0281. The van der Waals surface area contributed by atoms with Crippen LogP contribution < -0.4 is 4.74 Å². The molecule has 4 heteroatoms. The van der Waals surface area contributed by atoms with E-state index in [1.807, 2.05) is 13.8 Å². The Bertz CT molecular complexity index is 406. The summed E-state index contributed by atoms with van der Waals surface area (Å²) in [5.41, 5.74) is 0.594. The Balaban J connectivity index is 2.51. The molecule has 1 aromatic carbocycles. The fourth-order valence-electron chi connectivity index (χ4n) is 1.54. The Hall–Kier alpha value is -1.84. The number of carbonyl (C=O) groups is 2. The van der Waals surface area contributed by atoms with E-state index in [0.717, 1.165) is 5.75 Å². The molecule has 1 aromatic rings. The number of aliphatic carboxylic acids is 1. The van der Waals surface area contributed by atoms with Crippen molar-refractivity contribution in [2.45, 2.75) is 39.2 Å². The average molecular weight is 250 g/mol. The lowest BCUT2D eigenvalue weighted by atomic mass is 10.1. The molecule has 1 N–H and O–H groups in total. The van der Waals surface area contributed by atoms with Crippen LogP contribution in [0.1, 0.15) is 43.5 Å². The summed E-state index contributed by atoms with van der Waals surface area (Å²) >= 11 is 0. The van der Waals surface area contributed by atoms with E-state index in [2.05, 4.69) is 0 Å². The van der Waals surface area contributed by atoms with Gasteiger partial charge in [0.1, 0.15) is 5.75 Å². The summed E-state index contributed by atoms with van der Waals surface area (Å²) in [5.74, 6) is -0.178. The molecule has 0 saturated heterocycles. The first kappa shape index (κ1) is 14.2. The minimum Gasteiger partial charge on any atom is -0.491 e. The van der Waals surface area contributed by atoms with Crippen LogP contribution in [0.25, 0.3) is 0 Å². The third-order valence-electron chi connectivity index (χ3n) is 2.34. The molecule has 18 heavy (non-hydrogen) atoms. The van der Waals surface area contributed by atoms with Gasteiger partial charge in [-0.2, -0.15) is 0 Å². The number of Topliss-reactive ketones (excluding diaryl/α,β-unsaturated/α-hetero) is 1. The quantitative estimate of drug-likeness (QED) is 0.756. The number of rotatable bonds is 7. The van der Waals surface area contributed by atoms with Gasteiger partial charge < -0.3 is 9.84 Å². The molecule has 0 saturated carbocycles. The first-order chi connectivity index (χ1) is 8.49. The second-order valence-electron chi connectivity index (χ2n) is 4.36. The van der Waals surface area contributed by atoms with E-state index in [-0.39, 0.29) is 24.7 Å². The molecule has 0 spiro atoms. The van der Waals surface area contributed by atoms with E-state index < -0.39 is 5.97 Å². The third kappa shape index (κ3) is 4.99. The summed E-state index contributed by atoms with van der Waals surface area (Å²) < 4.78 is 5.47. The summed E-state index contributed by atoms with van der Waals surface area (Å²) in [5, 5.41) is 8.49. The number of benzene rings is 1. The fraction of sp³-hybridized carbons (Fsp3) is 0.429. The Morgan fingerprint density at radius 1 is 1.17 bits per heavy atom. The zero-order valence-electron chi connectivity index (χ0n) is 10.7. The number of carbonyl (C=O) groups excluding carboxylic acids is 1. The fourth-order valence-corrected chi connectivity index (χ4v) is 1.54. The van der Waals surface area contributed by atoms with Crippen molar-refractivity contribution < 1.29 is 19.4 Å². The van der Waals surface area contributed by atoms with Crippen molar-refractivity contribution >= 4 is 11.8 Å². The summed E-state index contributed by atoms with van der Waals surface area (Å²) in [6.07, 6.45) is 0.761. The molecule has 0 aliphatic heterocycles. The van der Waals surface area contributed by atoms with Gasteiger partial charge in [0, 0.05) is 18.4 Å². The molecule has 0 unspecified atom stereocenters. The summed E-state index contributed by atoms with van der Waals surface area (Å²) in [7, 11) is 0. The maximum absolute atomic E-state index is 11.7. The van der Waals surface area contributed by atoms with Crippen molar-refractivity contribution in [1.82, 2.24) is 0 Å². The standard InChI is InChI=1S/C14H18O4/c1-10(2)18-12-8-6-11(7-9-12)13(15)4-3-5-14(16)17/h6-10H,3-5H2,1-2H3,(H,16,17). The number of carboxylic acid groups (broad SMARTS) is 1. The van der Waals surface area contributed by atoms with E-state index in [9.17, 15) is 9.59 Å². The molecule has 0 atom stereocenters. The normalized spacial score (nSPS) is 10.4. The van der Waals surface area contributed by atoms with Gasteiger partial charge in [0.25, 0.3) is 0 Å². The Morgan fingerprint density at radius 3 is 2.28 bits per heavy atom. The van der Waals surface area contributed by atoms with Crippen LogP contribution in [0.4, 0.5) is 0 Å². The number of ether oxygens (including phenoxy) is 1. The largest absolute Gasteiger partial charge is 0.491 e. The lowest BCUT2D eigenvalue weighted by Crippen LogP contribution is -2.06. The third-order valence-corrected chi connectivity index (χ3v) is 2.34. The number of ketones is 1. The van der Waals surface area contributed by atoms with E-state index in [1.165, 1.54) is 0 Å². The molecule has 0 bridgehead atoms. The van der Waals surface area contributed by atoms with Crippen molar-refractivity contribution in [1.29, 1.82) is 0 Å². The van der Waals surface area contributed by atoms with Gasteiger partial charge >= 0.3 is 5.97 Å². The predicted molar refractivity (Wildman–Crippen MR) is 68.0 cm³/mol. The second-order valence-corrected chi connectivity index (χ2v) is 4.36.